The Hall–Kier alpha value is -3.32. The Balaban J connectivity index is 2.26. The van der Waals surface area contributed by atoms with Crippen LogP contribution in [-0.2, 0) is 9.59 Å². The van der Waals surface area contributed by atoms with Crippen LogP contribution >= 0.6 is 11.6 Å². The van der Waals surface area contributed by atoms with Gasteiger partial charge in [-0.25, -0.2) is 4.79 Å². The van der Waals surface area contributed by atoms with E-state index in [0.29, 0.717) is 10.8 Å². The minimum absolute atomic E-state index is 0.0612. The van der Waals surface area contributed by atoms with Crippen LogP contribution in [0.3, 0.4) is 0 Å². The molecule has 0 radical (unpaired) electrons. The van der Waals surface area contributed by atoms with Crippen molar-refractivity contribution in [1.29, 1.82) is 0 Å². The maximum atomic E-state index is 12.1. The molecule has 2 rings (SSSR count). The van der Waals surface area contributed by atoms with Gasteiger partial charge >= 0.3 is 11.9 Å². The highest BCUT2D eigenvalue weighted by molar-refractivity contribution is 6.30. The summed E-state index contributed by atoms with van der Waals surface area (Å²) >= 11 is 5.80. The Morgan fingerprint density at radius 3 is 2.33 bits per heavy atom. The Morgan fingerprint density at radius 1 is 1.11 bits per heavy atom. The van der Waals surface area contributed by atoms with E-state index in [4.69, 9.17) is 21.4 Å². The van der Waals surface area contributed by atoms with Crippen molar-refractivity contribution >= 4 is 35.1 Å². The van der Waals surface area contributed by atoms with Crippen molar-refractivity contribution in [3.63, 3.8) is 0 Å². The van der Waals surface area contributed by atoms with Crippen molar-refractivity contribution in [3.05, 3.63) is 65.2 Å². The molecular weight excluding hydrogens is 374 g/mol. The Kier molecular flexibility index (Phi) is 6.56. The van der Waals surface area contributed by atoms with Gasteiger partial charge in [-0.15, -0.1) is 0 Å². The van der Waals surface area contributed by atoms with Crippen molar-refractivity contribution < 1.29 is 29.3 Å². The van der Waals surface area contributed by atoms with Crippen molar-refractivity contribution in [1.82, 2.24) is 0 Å². The third kappa shape index (κ3) is 5.32. The summed E-state index contributed by atoms with van der Waals surface area (Å²) in [5.41, 5.74) is -0.0581. The highest BCUT2D eigenvalue weighted by Crippen LogP contribution is 2.29. The summed E-state index contributed by atoms with van der Waals surface area (Å²) in [6.45, 7) is 1.59. The fourth-order valence-corrected chi connectivity index (χ4v) is 2.31. The van der Waals surface area contributed by atoms with Crippen LogP contribution in [-0.4, -0.2) is 28.1 Å². The molecule has 0 fully saturated rings. The number of nitrogens with one attached hydrogen (secondary N) is 1. The van der Waals surface area contributed by atoms with Crippen LogP contribution in [0.2, 0.25) is 5.02 Å². The second-order valence-electron chi connectivity index (χ2n) is 5.40. The van der Waals surface area contributed by atoms with E-state index in [1.807, 2.05) is 0 Å². The average molecular weight is 390 g/mol. The molecule has 140 valence electrons. The third-order valence-electron chi connectivity index (χ3n) is 3.45. The van der Waals surface area contributed by atoms with Crippen molar-refractivity contribution in [2.75, 3.05) is 5.32 Å². The number of carbonyl (C=O) groups is 3. The van der Waals surface area contributed by atoms with Crippen molar-refractivity contribution in [2.24, 2.45) is 5.92 Å². The largest absolute Gasteiger partial charge is 0.480 e. The summed E-state index contributed by atoms with van der Waals surface area (Å²) in [5, 5.41) is 21.4. The molecular formula is C19H16ClNO6. The summed E-state index contributed by atoms with van der Waals surface area (Å²) in [5.74, 6) is -4.30. The molecule has 0 heterocycles. The van der Waals surface area contributed by atoms with E-state index in [-0.39, 0.29) is 17.0 Å². The van der Waals surface area contributed by atoms with Crippen LogP contribution < -0.4 is 10.1 Å². The first-order valence-electron chi connectivity index (χ1n) is 7.79. The predicted octanol–water partition coefficient (Wildman–Crippen LogP) is 4.05. The van der Waals surface area contributed by atoms with Gasteiger partial charge in [-0.2, -0.15) is 0 Å². The monoisotopic (exact) mass is 389 g/mol. The lowest BCUT2D eigenvalue weighted by Gasteiger charge is -2.13. The van der Waals surface area contributed by atoms with Gasteiger partial charge in [-0.05, 0) is 49.4 Å². The first-order valence-corrected chi connectivity index (χ1v) is 8.17. The van der Waals surface area contributed by atoms with Gasteiger partial charge in [-0.3, -0.25) is 9.59 Å². The number of hydrogen-bond acceptors (Lipinski definition) is 4. The molecule has 0 aliphatic heterocycles. The SMILES string of the molecule is C/C=C\C(C(=O)O)C(=O)Nc1ccc(Oc2ccc(Cl)cc2)c(C(=O)O)c1. The van der Waals surface area contributed by atoms with Crippen molar-refractivity contribution in [3.8, 4) is 11.5 Å². The van der Waals surface area contributed by atoms with Gasteiger partial charge in [0.25, 0.3) is 0 Å². The van der Waals surface area contributed by atoms with Gasteiger partial charge in [-0.1, -0.05) is 23.8 Å². The van der Waals surface area contributed by atoms with Crippen LogP contribution in [0.15, 0.2) is 54.6 Å². The van der Waals surface area contributed by atoms with Crippen LogP contribution in [0, 0.1) is 5.92 Å². The smallest absolute Gasteiger partial charge is 0.339 e. The molecule has 1 atom stereocenters. The summed E-state index contributed by atoms with van der Waals surface area (Å²) in [7, 11) is 0. The number of carboxylic acid groups (broad SMARTS) is 2. The number of allylic oxidation sites excluding steroid dienone is 1. The second kappa shape index (κ2) is 8.86. The fourth-order valence-electron chi connectivity index (χ4n) is 2.19. The molecule has 27 heavy (non-hydrogen) atoms. The molecule has 2 aromatic carbocycles. The average Bonchev–Trinajstić information content (AvgIpc) is 2.62. The number of rotatable bonds is 7. The van der Waals surface area contributed by atoms with Gasteiger partial charge in [0.15, 0.2) is 5.92 Å². The number of anilines is 1. The number of halogens is 1. The van der Waals surface area contributed by atoms with E-state index in [9.17, 15) is 19.5 Å². The topological polar surface area (TPSA) is 113 Å². The minimum Gasteiger partial charge on any atom is -0.480 e. The molecule has 0 aliphatic carbocycles. The van der Waals surface area contributed by atoms with E-state index in [1.54, 1.807) is 31.2 Å². The lowest BCUT2D eigenvalue weighted by molar-refractivity contribution is -0.143. The number of amides is 1. The van der Waals surface area contributed by atoms with Crippen LogP contribution in [0.5, 0.6) is 11.5 Å². The number of carbonyl (C=O) groups excluding carboxylic acids is 1. The molecule has 2 aromatic rings. The number of ether oxygens (including phenoxy) is 1. The first-order chi connectivity index (χ1) is 12.8. The Labute approximate surface area is 159 Å². The van der Waals surface area contributed by atoms with Gasteiger partial charge < -0.3 is 20.3 Å². The van der Waals surface area contributed by atoms with Crippen LogP contribution in [0.4, 0.5) is 5.69 Å². The van der Waals surface area contributed by atoms with E-state index in [2.05, 4.69) is 5.32 Å². The molecule has 0 aromatic heterocycles. The zero-order valence-electron chi connectivity index (χ0n) is 14.2. The van der Waals surface area contributed by atoms with E-state index in [0.717, 1.165) is 0 Å². The second-order valence-corrected chi connectivity index (χ2v) is 5.84. The van der Waals surface area contributed by atoms with Gasteiger partial charge in [0.2, 0.25) is 5.91 Å². The maximum absolute atomic E-state index is 12.1. The number of aliphatic carboxylic acids is 1. The molecule has 0 saturated carbocycles. The van der Waals surface area contributed by atoms with E-state index in [1.165, 1.54) is 30.4 Å². The molecule has 3 N–H and O–H groups in total. The normalized spacial score (nSPS) is 11.8. The highest BCUT2D eigenvalue weighted by atomic mass is 35.5. The van der Waals surface area contributed by atoms with E-state index < -0.39 is 23.8 Å². The van der Waals surface area contributed by atoms with Gasteiger partial charge in [0, 0.05) is 10.7 Å². The standard InChI is InChI=1S/C19H16ClNO6/c1-2-3-14(18(23)24)17(22)21-12-6-9-16(15(10-12)19(25)26)27-13-7-4-11(20)5-8-13/h2-10,14H,1H3,(H,21,22)(H,23,24)(H,25,26)/b3-2-. The zero-order valence-corrected chi connectivity index (χ0v) is 14.9. The van der Waals surface area contributed by atoms with Crippen molar-refractivity contribution in [2.45, 2.75) is 6.92 Å². The fraction of sp³-hybridized carbons (Fsp3) is 0.105. The Bertz CT molecular complexity index is 892. The van der Waals surface area contributed by atoms with Crippen LogP contribution in [0.1, 0.15) is 17.3 Å². The number of carboxylic acids is 2. The zero-order chi connectivity index (χ0) is 20.0. The number of hydrogen-bond donors (Lipinski definition) is 3. The minimum atomic E-state index is -1.38. The highest BCUT2D eigenvalue weighted by Gasteiger charge is 2.23. The summed E-state index contributed by atoms with van der Waals surface area (Å²) in [6, 6.07) is 10.3. The van der Waals surface area contributed by atoms with Gasteiger partial charge in [0.1, 0.15) is 17.1 Å². The molecule has 0 spiro atoms. The molecule has 8 heteroatoms. The molecule has 7 nitrogen and oxygen atoms in total. The summed E-state index contributed by atoms with van der Waals surface area (Å²) < 4.78 is 5.55. The van der Waals surface area contributed by atoms with E-state index >= 15 is 0 Å². The van der Waals surface area contributed by atoms with Crippen LogP contribution in [0.25, 0.3) is 0 Å². The lowest BCUT2D eigenvalue weighted by atomic mass is 10.1. The molecule has 1 amide bonds. The third-order valence-corrected chi connectivity index (χ3v) is 3.70. The lowest BCUT2D eigenvalue weighted by Crippen LogP contribution is -2.28. The quantitative estimate of drug-likeness (QED) is 0.486. The first kappa shape index (κ1) is 20.0. The summed E-state index contributed by atoms with van der Waals surface area (Å²) in [4.78, 5) is 34.8. The molecule has 1 unspecified atom stereocenters. The molecule has 0 bridgehead atoms. The Morgan fingerprint density at radius 2 is 1.78 bits per heavy atom. The molecule has 0 aliphatic rings. The number of benzene rings is 2. The maximum Gasteiger partial charge on any atom is 0.339 e. The predicted molar refractivity (Wildman–Crippen MR) is 99.5 cm³/mol. The number of aromatic carboxylic acids is 1. The summed E-state index contributed by atoms with van der Waals surface area (Å²) in [6.07, 6.45) is 2.68. The van der Waals surface area contributed by atoms with Gasteiger partial charge in [0.05, 0.1) is 0 Å². The molecule has 0 saturated heterocycles.